The highest BCUT2D eigenvalue weighted by Crippen LogP contribution is 2.18. The molecule has 0 unspecified atom stereocenters. The molecule has 0 radical (unpaired) electrons. The van der Waals surface area contributed by atoms with Crippen LogP contribution in [0, 0.1) is 0 Å². The Bertz CT molecular complexity index is 840. The van der Waals surface area contributed by atoms with Gasteiger partial charge in [-0.05, 0) is 48.7 Å². The van der Waals surface area contributed by atoms with E-state index in [2.05, 4.69) is 17.0 Å². The zero-order valence-electron chi connectivity index (χ0n) is 15.3. The Kier molecular flexibility index (Phi) is 9.28. The lowest BCUT2D eigenvalue weighted by molar-refractivity contribution is 0.0954. The van der Waals surface area contributed by atoms with E-state index in [0.29, 0.717) is 18.8 Å². The highest BCUT2D eigenvalue weighted by molar-refractivity contribution is 7.92. The number of hydrogen-bond acceptors (Lipinski definition) is 4. The molecule has 148 valence electrons. The van der Waals surface area contributed by atoms with Gasteiger partial charge in [0.25, 0.3) is 15.9 Å². The van der Waals surface area contributed by atoms with Crippen LogP contribution in [0.4, 0.5) is 5.69 Å². The summed E-state index contributed by atoms with van der Waals surface area (Å²) in [5.41, 5.74) is 7.29. The fourth-order valence-electron chi connectivity index (χ4n) is 2.43. The molecule has 0 fully saturated rings. The molecule has 0 saturated heterocycles. The van der Waals surface area contributed by atoms with Gasteiger partial charge < -0.3 is 11.1 Å². The lowest BCUT2D eigenvalue weighted by Gasteiger charge is -2.10. The second kappa shape index (κ2) is 10.9. The Morgan fingerprint density at radius 3 is 2.44 bits per heavy atom. The van der Waals surface area contributed by atoms with E-state index >= 15 is 0 Å². The standard InChI is InChI=1S/C19H25N3O3S.ClH/c1-2-3-5-15-8-10-17(11-9-15)22-26(24,25)18-7-4-6-16(14-18)19(23)21-13-12-20;/h4,6-11,14,22H,2-3,5,12-13,20H2,1H3,(H,21,23);1H. The summed E-state index contributed by atoms with van der Waals surface area (Å²) in [6.45, 7) is 2.78. The summed E-state index contributed by atoms with van der Waals surface area (Å²) < 4.78 is 27.7. The van der Waals surface area contributed by atoms with Crippen molar-refractivity contribution in [3.05, 3.63) is 59.7 Å². The van der Waals surface area contributed by atoms with Crippen molar-refractivity contribution < 1.29 is 13.2 Å². The Hall–Kier alpha value is -2.09. The predicted molar refractivity (Wildman–Crippen MR) is 111 cm³/mol. The number of sulfonamides is 1. The van der Waals surface area contributed by atoms with Gasteiger partial charge in [-0.15, -0.1) is 12.4 Å². The molecule has 4 N–H and O–H groups in total. The molecule has 2 rings (SSSR count). The Balaban J connectivity index is 0.00000364. The number of hydrogen-bond donors (Lipinski definition) is 3. The van der Waals surface area contributed by atoms with Gasteiger partial charge in [0.05, 0.1) is 4.90 Å². The van der Waals surface area contributed by atoms with E-state index in [1.165, 1.54) is 17.7 Å². The lowest BCUT2D eigenvalue weighted by Crippen LogP contribution is -2.29. The van der Waals surface area contributed by atoms with E-state index < -0.39 is 10.0 Å². The molecule has 2 aromatic rings. The third kappa shape index (κ3) is 6.86. The molecule has 0 bridgehead atoms. The van der Waals surface area contributed by atoms with Crippen LogP contribution in [0.1, 0.15) is 35.7 Å². The molecule has 0 aromatic heterocycles. The molecule has 27 heavy (non-hydrogen) atoms. The van der Waals surface area contributed by atoms with E-state index in [0.717, 1.165) is 19.3 Å². The van der Waals surface area contributed by atoms with Crippen molar-refractivity contribution in [2.75, 3.05) is 17.8 Å². The molecule has 6 nitrogen and oxygen atoms in total. The number of unbranched alkanes of at least 4 members (excludes halogenated alkanes) is 1. The van der Waals surface area contributed by atoms with Gasteiger partial charge in [-0.3, -0.25) is 9.52 Å². The van der Waals surface area contributed by atoms with E-state index in [1.807, 2.05) is 12.1 Å². The number of nitrogens with one attached hydrogen (secondary N) is 2. The van der Waals surface area contributed by atoms with Crippen molar-refractivity contribution in [3.63, 3.8) is 0 Å². The van der Waals surface area contributed by atoms with Gasteiger partial charge in [0.1, 0.15) is 0 Å². The Morgan fingerprint density at radius 1 is 1.11 bits per heavy atom. The molecule has 0 aliphatic rings. The number of carbonyl (C=O) groups excluding carboxylic acids is 1. The number of benzene rings is 2. The first kappa shape index (κ1) is 23.0. The van der Waals surface area contributed by atoms with Gasteiger partial charge in [-0.2, -0.15) is 0 Å². The van der Waals surface area contributed by atoms with Crippen LogP contribution in [0.2, 0.25) is 0 Å². The smallest absolute Gasteiger partial charge is 0.261 e. The van der Waals surface area contributed by atoms with Gasteiger partial charge in [0, 0.05) is 24.3 Å². The Morgan fingerprint density at radius 2 is 1.81 bits per heavy atom. The third-order valence-electron chi connectivity index (χ3n) is 3.86. The number of carbonyl (C=O) groups is 1. The summed E-state index contributed by atoms with van der Waals surface area (Å²) in [5.74, 6) is -0.354. The molecule has 1 amide bonds. The van der Waals surface area contributed by atoms with Gasteiger partial charge in [-0.1, -0.05) is 31.5 Å². The molecule has 0 aliphatic carbocycles. The van der Waals surface area contributed by atoms with Crippen molar-refractivity contribution in [1.29, 1.82) is 0 Å². The van der Waals surface area contributed by atoms with Crippen molar-refractivity contribution >= 4 is 34.0 Å². The van der Waals surface area contributed by atoms with Crippen LogP contribution < -0.4 is 15.8 Å². The number of amides is 1. The van der Waals surface area contributed by atoms with Crippen LogP contribution >= 0.6 is 12.4 Å². The minimum atomic E-state index is -3.77. The second-order valence-electron chi connectivity index (χ2n) is 5.98. The summed E-state index contributed by atoms with van der Waals surface area (Å²) in [6, 6.07) is 13.3. The molecule has 2 aromatic carbocycles. The number of rotatable bonds is 9. The zero-order valence-corrected chi connectivity index (χ0v) is 16.9. The zero-order chi connectivity index (χ0) is 19.0. The second-order valence-corrected chi connectivity index (χ2v) is 7.66. The minimum absolute atomic E-state index is 0. The molecule has 0 saturated carbocycles. The van der Waals surface area contributed by atoms with Crippen LogP contribution in [-0.4, -0.2) is 27.4 Å². The average molecular weight is 412 g/mol. The van der Waals surface area contributed by atoms with Crippen molar-refractivity contribution in [2.45, 2.75) is 31.1 Å². The molecular formula is C19H26ClN3O3S. The maximum Gasteiger partial charge on any atom is 0.261 e. The maximum absolute atomic E-state index is 12.6. The molecule has 8 heteroatoms. The topological polar surface area (TPSA) is 101 Å². The maximum atomic E-state index is 12.6. The Labute approximate surface area is 167 Å². The van der Waals surface area contributed by atoms with Crippen LogP contribution in [0.15, 0.2) is 53.4 Å². The summed E-state index contributed by atoms with van der Waals surface area (Å²) in [7, 11) is -3.77. The quantitative estimate of drug-likeness (QED) is 0.590. The molecule has 0 spiro atoms. The van der Waals surface area contributed by atoms with Crippen molar-refractivity contribution in [3.8, 4) is 0 Å². The van der Waals surface area contributed by atoms with E-state index in [-0.39, 0.29) is 28.8 Å². The van der Waals surface area contributed by atoms with Gasteiger partial charge >= 0.3 is 0 Å². The highest BCUT2D eigenvalue weighted by Gasteiger charge is 2.16. The monoisotopic (exact) mass is 411 g/mol. The first-order valence-corrected chi connectivity index (χ1v) is 10.1. The fourth-order valence-corrected chi connectivity index (χ4v) is 3.53. The van der Waals surface area contributed by atoms with Crippen molar-refractivity contribution in [1.82, 2.24) is 5.32 Å². The van der Waals surface area contributed by atoms with Gasteiger partial charge in [0.2, 0.25) is 0 Å². The van der Waals surface area contributed by atoms with Gasteiger partial charge in [0.15, 0.2) is 0 Å². The van der Waals surface area contributed by atoms with Crippen LogP contribution in [0.5, 0.6) is 0 Å². The van der Waals surface area contributed by atoms with Crippen LogP contribution in [-0.2, 0) is 16.4 Å². The summed E-state index contributed by atoms with van der Waals surface area (Å²) in [5, 5.41) is 2.62. The predicted octanol–water partition coefficient (Wildman–Crippen LogP) is 2.94. The summed E-state index contributed by atoms with van der Waals surface area (Å²) >= 11 is 0. The first-order valence-electron chi connectivity index (χ1n) is 8.66. The number of halogens is 1. The summed E-state index contributed by atoms with van der Waals surface area (Å²) in [6.07, 6.45) is 3.19. The first-order chi connectivity index (χ1) is 12.5. The van der Waals surface area contributed by atoms with Gasteiger partial charge in [-0.25, -0.2) is 8.42 Å². The summed E-state index contributed by atoms with van der Waals surface area (Å²) in [4.78, 5) is 12.0. The number of anilines is 1. The fraction of sp³-hybridized carbons (Fsp3) is 0.316. The highest BCUT2D eigenvalue weighted by atomic mass is 35.5. The molecular weight excluding hydrogens is 386 g/mol. The average Bonchev–Trinajstić information content (AvgIpc) is 2.65. The normalized spacial score (nSPS) is 10.7. The largest absolute Gasteiger partial charge is 0.351 e. The van der Waals surface area contributed by atoms with E-state index in [1.54, 1.807) is 24.3 Å². The van der Waals surface area contributed by atoms with E-state index in [9.17, 15) is 13.2 Å². The van der Waals surface area contributed by atoms with E-state index in [4.69, 9.17) is 5.73 Å². The molecule has 0 aliphatic heterocycles. The molecule has 0 atom stereocenters. The van der Waals surface area contributed by atoms with Crippen molar-refractivity contribution in [2.24, 2.45) is 5.73 Å². The lowest BCUT2D eigenvalue weighted by atomic mass is 10.1. The molecule has 0 heterocycles. The SMILES string of the molecule is CCCCc1ccc(NS(=O)(=O)c2cccc(C(=O)NCCN)c2)cc1.Cl. The number of nitrogens with two attached hydrogens (primary N) is 1. The van der Waals surface area contributed by atoms with Crippen LogP contribution in [0.25, 0.3) is 0 Å². The van der Waals surface area contributed by atoms with Crippen LogP contribution in [0.3, 0.4) is 0 Å². The minimum Gasteiger partial charge on any atom is -0.351 e. The number of aryl methyl sites for hydroxylation is 1. The third-order valence-corrected chi connectivity index (χ3v) is 5.24.